The Morgan fingerprint density at radius 2 is 2.21 bits per heavy atom. The molecule has 1 aliphatic carbocycles. The second kappa shape index (κ2) is 5.16. The Bertz CT molecular complexity index is 523. The van der Waals surface area contributed by atoms with Crippen LogP contribution in [0, 0.1) is 5.92 Å². The number of benzene rings is 1. The third kappa shape index (κ3) is 2.35. The van der Waals surface area contributed by atoms with Gasteiger partial charge in [0.1, 0.15) is 0 Å². The van der Waals surface area contributed by atoms with Crippen LogP contribution in [-0.2, 0) is 4.74 Å². The molecule has 6 heteroatoms. The minimum Gasteiger partial charge on any atom is -0.376 e. The van der Waals surface area contributed by atoms with Crippen LogP contribution in [0.4, 0.5) is 0 Å². The van der Waals surface area contributed by atoms with Gasteiger partial charge in [-0.05, 0) is 40.5 Å². The normalized spacial score (nSPS) is 32.6. The maximum atomic E-state index is 12.3. The molecule has 0 bridgehead atoms. The fourth-order valence-electron chi connectivity index (χ4n) is 2.83. The highest BCUT2D eigenvalue weighted by molar-refractivity contribution is 9.11. The van der Waals surface area contributed by atoms with E-state index in [0.29, 0.717) is 11.5 Å². The van der Waals surface area contributed by atoms with E-state index in [1.165, 1.54) is 0 Å². The number of amides is 1. The molecule has 2 aliphatic rings. The highest BCUT2D eigenvalue weighted by Crippen LogP contribution is 2.38. The Balaban J connectivity index is 1.73. The van der Waals surface area contributed by atoms with Crippen LogP contribution >= 0.6 is 31.9 Å². The molecule has 1 amide bonds. The molecular weight excluding hydrogens is 376 g/mol. The van der Waals surface area contributed by atoms with Gasteiger partial charge in [0.25, 0.3) is 5.91 Å². The van der Waals surface area contributed by atoms with Gasteiger partial charge in [0.05, 0.1) is 17.7 Å². The van der Waals surface area contributed by atoms with Crippen molar-refractivity contribution in [2.45, 2.75) is 24.6 Å². The maximum absolute atomic E-state index is 12.3. The van der Waals surface area contributed by atoms with Crippen LogP contribution in [0.25, 0.3) is 0 Å². The summed E-state index contributed by atoms with van der Waals surface area (Å²) in [7, 11) is 0. The number of nitrogens with one attached hydrogen (secondary N) is 1. The molecule has 3 N–H and O–H groups in total. The molecule has 4 atom stereocenters. The first-order valence-electron chi connectivity index (χ1n) is 6.21. The lowest BCUT2D eigenvalue weighted by Crippen LogP contribution is -2.68. The van der Waals surface area contributed by atoms with Crippen LogP contribution in [0.5, 0.6) is 0 Å². The first-order chi connectivity index (χ1) is 9.08. The summed E-state index contributed by atoms with van der Waals surface area (Å²) in [4.78, 5) is 12.3. The van der Waals surface area contributed by atoms with Gasteiger partial charge in [0.15, 0.2) is 0 Å². The average Bonchev–Trinajstić information content (AvgIpc) is 2.83. The van der Waals surface area contributed by atoms with Crippen molar-refractivity contribution in [2.24, 2.45) is 11.7 Å². The standard InChI is InChI=1S/C13H14Br2N2O2/c14-6-1-2-9(15)8(5-6)13(18)17-11-10(16)7-3-4-19-12(7)11/h1-2,5,7,10-12H,3-4,16H2,(H,17,18). The van der Waals surface area contributed by atoms with Gasteiger partial charge >= 0.3 is 0 Å². The molecule has 102 valence electrons. The number of hydrogen-bond donors (Lipinski definition) is 2. The Labute approximate surface area is 128 Å². The van der Waals surface area contributed by atoms with Crippen molar-refractivity contribution < 1.29 is 9.53 Å². The summed E-state index contributed by atoms with van der Waals surface area (Å²) >= 11 is 6.76. The van der Waals surface area contributed by atoms with E-state index >= 15 is 0 Å². The van der Waals surface area contributed by atoms with Gasteiger partial charge in [-0.2, -0.15) is 0 Å². The minimum atomic E-state index is -0.123. The quantitative estimate of drug-likeness (QED) is 0.813. The van der Waals surface area contributed by atoms with Crippen molar-refractivity contribution in [2.75, 3.05) is 6.61 Å². The number of hydrogen-bond acceptors (Lipinski definition) is 3. The summed E-state index contributed by atoms with van der Waals surface area (Å²) in [5.74, 6) is 0.277. The van der Waals surface area contributed by atoms with Gasteiger partial charge < -0.3 is 15.8 Å². The zero-order valence-corrected chi connectivity index (χ0v) is 13.3. The predicted molar refractivity (Wildman–Crippen MR) is 78.9 cm³/mol. The lowest BCUT2D eigenvalue weighted by Gasteiger charge is -2.45. The summed E-state index contributed by atoms with van der Waals surface area (Å²) in [6, 6.07) is 5.44. The molecule has 0 radical (unpaired) electrons. The number of rotatable bonds is 2. The van der Waals surface area contributed by atoms with Crippen LogP contribution < -0.4 is 11.1 Å². The molecule has 4 nitrogen and oxygen atoms in total. The summed E-state index contributed by atoms with van der Waals surface area (Å²) < 4.78 is 7.25. The zero-order chi connectivity index (χ0) is 13.6. The van der Waals surface area contributed by atoms with Crippen molar-refractivity contribution in [1.82, 2.24) is 5.32 Å². The molecule has 1 saturated carbocycles. The first kappa shape index (κ1) is 13.5. The third-order valence-electron chi connectivity index (χ3n) is 3.92. The summed E-state index contributed by atoms with van der Waals surface area (Å²) in [5.41, 5.74) is 6.69. The van der Waals surface area contributed by atoms with Crippen molar-refractivity contribution in [1.29, 1.82) is 0 Å². The number of carbonyl (C=O) groups excluding carboxylic acids is 1. The van der Waals surface area contributed by atoms with Crippen LogP contribution in [-0.4, -0.2) is 30.7 Å². The number of ether oxygens (including phenoxy) is 1. The Morgan fingerprint density at radius 1 is 1.42 bits per heavy atom. The first-order valence-corrected chi connectivity index (χ1v) is 7.79. The molecule has 1 aromatic rings. The molecule has 1 saturated heterocycles. The SMILES string of the molecule is NC1C2CCOC2C1NC(=O)c1cc(Br)ccc1Br. The molecule has 1 aromatic carbocycles. The van der Waals surface area contributed by atoms with E-state index in [-0.39, 0.29) is 24.1 Å². The van der Waals surface area contributed by atoms with Crippen molar-refractivity contribution in [3.63, 3.8) is 0 Å². The van der Waals surface area contributed by atoms with Crippen LogP contribution in [0.3, 0.4) is 0 Å². The average molecular weight is 390 g/mol. The smallest absolute Gasteiger partial charge is 0.252 e. The Kier molecular flexibility index (Phi) is 3.68. The second-order valence-electron chi connectivity index (χ2n) is 4.99. The van der Waals surface area contributed by atoms with E-state index in [1.54, 1.807) is 6.07 Å². The molecule has 0 aromatic heterocycles. The van der Waals surface area contributed by atoms with Crippen molar-refractivity contribution in [3.8, 4) is 0 Å². The van der Waals surface area contributed by atoms with Gasteiger partial charge in [-0.15, -0.1) is 0 Å². The lowest BCUT2D eigenvalue weighted by molar-refractivity contribution is -0.0161. The largest absolute Gasteiger partial charge is 0.376 e. The van der Waals surface area contributed by atoms with E-state index < -0.39 is 0 Å². The predicted octanol–water partition coefficient (Wildman–Crippen LogP) is 2.06. The highest BCUT2D eigenvalue weighted by atomic mass is 79.9. The fourth-order valence-corrected chi connectivity index (χ4v) is 3.62. The molecule has 4 unspecified atom stereocenters. The molecule has 19 heavy (non-hydrogen) atoms. The number of carbonyl (C=O) groups is 1. The van der Waals surface area contributed by atoms with E-state index in [0.717, 1.165) is 22.0 Å². The highest BCUT2D eigenvalue weighted by Gasteiger charge is 2.52. The zero-order valence-electron chi connectivity index (χ0n) is 10.1. The number of fused-ring (bicyclic) bond motifs is 1. The number of nitrogens with two attached hydrogens (primary N) is 1. The Hall–Kier alpha value is -0.430. The minimum absolute atomic E-state index is 0.00220. The van der Waals surface area contributed by atoms with Gasteiger partial charge in [0, 0.05) is 27.5 Å². The van der Waals surface area contributed by atoms with Crippen LogP contribution in [0.15, 0.2) is 27.1 Å². The third-order valence-corrected chi connectivity index (χ3v) is 5.10. The van der Waals surface area contributed by atoms with E-state index in [9.17, 15) is 4.79 Å². The molecule has 2 fully saturated rings. The van der Waals surface area contributed by atoms with Crippen molar-refractivity contribution in [3.05, 3.63) is 32.7 Å². The molecule has 3 rings (SSSR count). The van der Waals surface area contributed by atoms with E-state index in [1.807, 2.05) is 12.1 Å². The monoisotopic (exact) mass is 388 g/mol. The molecule has 1 aliphatic heterocycles. The topological polar surface area (TPSA) is 64.3 Å². The van der Waals surface area contributed by atoms with E-state index in [2.05, 4.69) is 37.2 Å². The lowest BCUT2D eigenvalue weighted by atomic mass is 9.72. The number of halogens is 2. The van der Waals surface area contributed by atoms with Gasteiger partial charge in [-0.25, -0.2) is 0 Å². The molecule has 0 spiro atoms. The maximum Gasteiger partial charge on any atom is 0.252 e. The summed E-state index contributed by atoms with van der Waals surface area (Å²) in [6.07, 6.45) is 1.09. The van der Waals surface area contributed by atoms with Crippen molar-refractivity contribution >= 4 is 37.8 Å². The summed E-state index contributed by atoms with van der Waals surface area (Å²) in [5, 5.41) is 2.98. The van der Waals surface area contributed by atoms with Gasteiger partial charge in [-0.3, -0.25) is 4.79 Å². The molecular formula is C13H14Br2N2O2. The van der Waals surface area contributed by atoms with Gasteiger partial charge in [-0.1, -0.05) is 15.9 Å². The van der Waals surface area contributed by atoms with Gasteiger partial charge in [0.2, 0.25) is 0 Å². The summed E-state index contributed by atoms with van der Waals surface area (Å²) in [6.45, 7) is 0.746. The fraction of sp³-hybridized carbons (Fsp3) is 0.462. The second-order valence-corrected chi connectivity index (χ2v) is 6.76. The van der Waals surface area contributed by atoms with E-state index in [4.69, 9.17) is 10.5 Å². The van der Waals surface area contributed by atoms with Crippen LogP contribution in [0.2, 0.25) is 0 Å². The van der Waals surface area contributed by atoms with Crippen LogP contribution in [0.1, 0.15) is 16.8 Å². The Morgan fingerprint density at radius 3 is 3.00 bits per heavy atom. The molecule has 1 heterocycles.